The fraction of sp³-hybridized carbons (Fsp3) is 0.375. The first-order valence-electron chi connectivity index (χ1n) is 4.01. The number of rotatable bonds is 1. The van der Waals surface area contributed by atoms with Gasteiger partial charge in [0, 0.05) is 25.2 Å². The molecule has 1 aromatic heterocycles. The van der Waals surface area contributed by atoms with Gasteiger partial charge >= 0.3 is 6.09 Å². The van der Waals surface area contributed by atoms with Gasteiger partial charge in [-0.05, 0) is 6.07 Å². The van der Waals surface area contributed by atoms with E-state index in [4.69, 9.17) is 5.11 Å². The fourth-order valence-electron chi connectivity index (χ4n) is 1.36. The molecule has 0 aromatic carbocycles. The molecule has 0 radical (unpaired) electrons. The molecular weight excluding hydrogens is 170 g/mol. The van der Waals surface area contributed by atoms with Crippen LogP contribution in [0.15, 0.2) is 18.6 Å². The number of carboxylic acid groups (broad SMARTS) is 1. The third-order valence-corrected chi connectivity index (χ3v) is 2.18. The Balaban J connectivity index is 1.98. The van der Waals surface area contributed by atoms with Gasteiger partial charge in [-0.2, -0.15) is 0 Å². The highest BCUT2D eigenvalue weighted by atomic mass is 16.4. The van der Waals surface area contributed by atoms with E-state index >= 15 is 0 Å². The summed E-state index contributed by atoms with van der Waals surface area (Å²) in [6.45, 7) is 1.10. The van der Waals surface area contributed by atoms with Crippen molar-refractivity contribution in [2.45, 2.75) is 5.92 Å². The highest BCUT2D eigenvalue weighted by molar-refractivity contribution is 5.66. The lowest BCUT2D eigenvalue weighted by Crippen LogP contribution is -2.48. The summed E-state index contributed by atoms with van der Waals surface area (Å²) in [5.41, 5.74) is 0.924. The number of carbonyl (C=O) groups is 1. The van der Waals surface area contributed by atoms with Crippen LogP contribution in [0.4, 0.5) is 4.79 Å². The summed E-state index contributed by atoms with van der Waals surface area (Å²) < 4.78 is 0. The first-order chi connectivity index (χ1) is 6.27. The van der Waals surface area contributed by atoms with E-state index in [1.807, 2.05) is 6.07 Å². The maximum Gasteiger partial charge on any atom is 0.407 e. The second kappa shape index (κ2) is 3.01. The van der Waals surface area contributed by atoms with Gasteiger partial charge in [-0.25, -0.2) is 14.8 Å². The van der Waals surface area contributed by atoms with Crippen molar-refractivity contribution >= 4 is 6.09 Å². The lowest BCUT2D eigenvalue weighted by atomic mass is 9.97. The number of hydrogen-bond acceptors (Lipinski definition) is 3. The van der Waals surface area contributed by atoms with E-state index < -0.39 is 6.09 Å². The number of hydrogen-bond donors (Lipinski definition) is 1. The van der Waals surface area contributed by atoms with E-state index in [-0.39, 0.29) is 5.92 Å². The second-order valence-corrected chi connectivity index (χ2v) is 3.02. The van der Waals surface area contributed by atoms with Crippen LogP contribution >= 0.6 is 0 Å². The van der Waals surface area contributed by atoms with Gasteiger partial charge in [0.25, 0.3) is 0 Å². The molecule has 1 aliphatic heterocycles. The SMILES string of the molecule is O=C(O)N1CC(c2ccncn2)C1. The molecule has 5 nitrogen and oxygen atoms in total. The van der Waals surface area contributed by atoms with Crippen LogP contribution in [0.25, 0.3) is 0 Å². The van der Waals surface area contributed by atoms with E-state index in [0.29, 0.717) is 13.1 Å². The van der Waals surface area contributed by atoms with Crippen molar-refractivity contribution in [2.75, 3.05) is 13.1 Å². The van der Waals surface area contributed by atoms with Crippen LogP contribution < -0.4 is 0 Å². The molecule has 2 rings (SSSR count). The van der Waals surface area contributed by atoms with Gasteiger partial charge in [0.15, 0.2) is 0 Å². The summed E-state index contributed by atoms with van der Waals surface area (Å²) in [4.78, 5) is 19.7. The van der Waals surface area contributed by atoms with Gasteiger partial charge in [-0.1, -0.05) is 0 Å². The third kappa shape index (κ3) is 1.44. The summed E-state index contributed by atoms with van der Waals surface area (Å²) in [6.07, 6.45) is 2.30. The molecule has 1 aromatic rings. The van der Waals surface area contributed by atoms with E-state index in [0.717, 1.165) is 5.69 Å². The number of likely N-dealkylation sites (tertiary alicyclic amines) is 1. The summed E-state index contributed by atoms with van der Waals surface area (Å²) >= 11 is 0. The molecule has 13 heavy (non-hydrogen) atoms. The number of aromatic nitrogens is 2. The van der Waals surface area contributed by atoms with Gasteiger partial charge < -0.3 is 10.0 Å². The van der Waals surface area contributed by atoms with Crippen molar-refractivity contribution in [3.05, 3.63) is 24.3 Å². The van der Waals surface area contributed by atoms with Crippen LogP contribution in [0.2, 0.25) is 0 Å². The Hall–Kier alpha value is -1.65. The first kappa shape index (κ1) is 7.97. The highest BCUT2D eigenvalue weighted by Crippen LogP contribution is 2.24. The maximum absolute atomic E-state index is 10.5. The van der Waals surface area contributed by atoms with Gasteiger partial charge in [-0.15, -0.1) is 0 Å². The summed E-state index contributed by atoms with van der Waals surface area (Å²) in [5.74, 6) is 0.249. The van der Waals surface area contributed by atoms with E-state index in [1.165, 1.54) is 11.2 Å². The van der Waals surface area contributed by atoms with Crippen molar-refractivity contribution in [2.24, 2.45) is 0 Å². The summed E-state index contributed by atoms with van der Waals surface area (Å²) in [7, 11) is 0. The zero-order valence-corrected chi connectivity index (χ0v) is 6.92. The van der Waals surface area contributed by atoms with Gasteiger partial charge in [0.05, 0.1) is 5.69 Å². The maximum atomic E-state index is 10.5. The molecule has 1 saturated heterocycles. The Kier molecular flexibility index (Phi) is 1.84. The minimum atomic E-state index is -0.856. The largest absolute Gasteiger partial charge is 0.465 e. The minimum absolute atomic E-state index is 0.249. The Morgan fingerprint density at radius 1 is 1.62 bits per heavy atom. The van der Waals surface area contributed by atoms with Crippen molar-refractivity contribution < 1.29 is 9.90 Å². The van der Waals surface area contributed by atoms with Crippen molar-refractivity contribution in [1.29, 1.82) is 0 Å². The van der Waals surface area contributed by atoms with E-state index in [1.54, 1.807) is 6.20 Å². The summed E-state index contributed by atoms with van der Waals surface area (Å²) in [6, 6.07) is 1.82. The minimum Gasteiger partial charge on any atom is -0.465 e. The molecule has 1 N–H and O–H groups in total. The van der Waals surface area contributed by atoms with Crippen LogP contribution in [0, 0.1) is 0 Å². The topological polar surface area (TPSA) is 66.3 Å². The molecule has 1 amide bonds. The molecule has 0 bridgehead atoms. The van der Waals surface area contributed by atoms with Crippen LogP contribution in [0.1, 0.15) is 11.6 Å². The second-order valence-electron chi connectivity index (χ2n) is 3.02. The van der Waals surface area contributed by atoms with E-state index in [9.17, 15) is 4.79 Å². The molecule has 1 fully saturated rings. The molecule has 1 aliphatic rings. The average Bonchev–Trinajstić information content (AvgIpc) is 2.02. The molecule has 0 atom stereocenters. The monoisotopic (exact) mass is 179 g/mol. The van der Waals surface area contributed by atoms with Gasteiger partial charge in [-0.3, -0.25) is 0 Å². The summed E-state index contributed by atoms with van der Waals surface area (Å²) in [5, 5.41) is 8.59. The molecule has 0 unspecified atom stereocenters. The van der Waals surface area contributed by atoms with Gasteiger partial charge in [0.1, 0.15) is 6.33 Å². The van der Waals surface area contributed by atoms with Crippen LogP contribution in [-0.2, 0) is 0 Å². The van der Waals surface area contributed by atoms with Crippen LogP contribution in [0.3, 0.4) is 0 Å². The molecule has 0 saturated carbocycles. The predicted molar refractivity (Wildman–Crippen MR) is 44.4 cm³/mol. The molecule has 0 aliphatic carbocycles. The Morgan fingerprint density at radius 2 is 2.38 bits per heavy atom. The molecule has 68 valence electrons. The number of amides is 1. The normalized spacial score (nSPS) is 16.8. The number of nitrogens with zero attached hydrogens (tertiary/aromatic N) is 3. The predicted octanol–water partition coefficient (Wildman–Crippen LogP) is 0.554. The molecular formula is C8H9N3O2. The van der Waals surface area contributed by atoms with Crippen molar-refractivity contribution in [3.63, 3.8) is 0 Å². The zero-order chi connectivity index (χ0) is 9.26. The van der Waals surface area contributed by atoms with Gasteiger partial charge in [0.2, 0.25) is 0 Å². The Labute approximate surface area is 75.0 Å². The van der Waals surface area contributed by atoms with Crippen molar-refractivity contribution in [1.82, 2.24) is 14.9 Å². The first-order valence-corrected chi connectivity index (χ1v) is 4.01. The van der Waals surface area contributed by atoms with Crippen molar-refractivity contribution in [3.8, 4) is 0 Å². The third-order valence-electron chi connectivity index (χ3n) is 2.18. The lowest BCUT2D eigenvalue weighted by Gasteiger charge is -2.36. The quantitative estimate of drug-likeness (QED) is 0.683. The molecule has 2 heterocycles. The molecule has 0 spiro atoms. The smallest absolute Gasteiger partial charge is 0.407 e. The standard InChI is InChI=1S/C8H9N3O2/c12-8(13)11-3-6(4-11)7-1-2-9-5-10-7/h1-2,5-6H,3-4H2,(H,12,13). The van der Waals surface area contributed by atoms with Crippen LogP contribution in [-0.4, -0.2) is 39.2 Å². The Bertz CT molecular complexity index is 308. The lowest BCUT2D eigenvalue weighted by molar-refractivity contribution is 0.104. The fourth-order valence-corrected chi connectivity index (χ4v) is 1.36. The molecule has 5 heteroatoms. The highest BCUT2D eigenvalue weighted by Gasteiger charge is 2.32. The Morgan fingerprint density at radius 3 is 2.92 bits per heavy atom. The van der Waals surface area contributed by atoms with E-state index in [2.05, 4.69) is 9.97 Å². The van der Waals surface area contributed by atoms with Crippen LogP contribution in [0.5, 0.6) is 0 Å². The zero-order valence-electron chi connectivity index (χ0n) is 6.92. The average molecular weight is 179 g/mol.